The second-order valence-electron chi connectivity index (χ2n) is 13.4. The molecule has 1 unspecified atom stereocenters. The van der Waals surface area contributed by atoms with Crippen molar-refractivity contribution in [3.05, 3.63) is 166 Å². The molecule has 1 saturated heterocycles. The van der Waals surface area contributed by atoms with Crippen LogP contribution in [0.1, 0.15) is 38.9 Å². The van der Waals surface area contributed by atoms with Gasteiger partial charge in [0.15, 0.2) is 11.5 Å². The summed E-state index contributed by atoms with van der Waals surface area (Å²) in [5, 5.41) is 0. The zero-order chi connectivity index (χ0) is 36.5. The topological polar surface area (TPSA) is 73.8 Å². The molecule has 0 amide bonds. The maximum Gasteiger partial charge on any atom is 0.246 e. The molecule has 0 spiro atoms. The maximum absolute atomic E-state index is 7.11. The molecular formula is C44H45O8Si. The van der Waals surface area contributed by atoms with Gasteiger partial charge in [0.05, 0.1) is 26.4 Å². The molecule has 0 saturated carbocycles. The molecule has 1 fully saturated rings. The fraction of sp³-hybridized carbons (Fsp3) is 0.318. The number of methoxy groups -OCH3 is 1. The molecule has 0 aliphatic carbocycles. The number of hydrogen-bond donors (Lipinski definition) is 0. The van der Waals surface area contributed by atoms with Crippen LogP contribution >= 0.6 is 0 Å². The van der Waals surface area contributed by atoms with Gasteiger partial charge in [0.2, 0.25) is 16.3 Å². The highest BCUT2D eigenvalue weighted by Gasteiger charge is 2.58. The molecule has 5 atom stereocenters. The first-order valence-electron chi connectivity index (χ1n) is 18.0. The van der Waals surface area contributed by atoms with Crippen LogP contribution in [0.25, 0.3) is 0 Å². The summed E-state index contributed by atoms with van der Waals surface area (Å²) in [4.78, 5) is 0. The summed E-state index contributed by atoms with van der Waals surface area (Å²) >= 11 is 0. The highest BCUT2D eigenvalue weighted by molar-refractivity contribution is 5.97. The lowest BCUT2D eigenvalue weighted by molar-refractivity contribution is -0.383. The standard InChI is InChI=1S/C44H45O8Si/c1-31-18-20-37(26-36(31)24-35-19-21-38-39(25-35)47-23-22-46-38)44(45-2)43(50-29-34-16-10-5-11-17-34)42(49-28-33-14-8-4-9-15-33)41(40(52-44)30-51-53)48-27-32-12-6-3-7-13-32/h3-21,25-26,40-43H,22-24,27-30H2,1-2H3/t40-,41-,42+,43-,44?/m1/s1. The second kappa shape index (κ2) is 17.7. The Morgan fingerprint density at radius 1 is 0.642 bits per heavy atom. The van der Waals surface area contributed by atoms with Crippen molar-refractivity contribution in [3.8, 4) is 11.5 Å². The molecule has 5 aromatic carbocycles. The quantitative estimate of drug-likeness (QED) is 0.103. The Bertz CT molecular complexity index is 1890. The Labute approximate surface area is 315 Å². The average Bonchev–Trinajstić information content (AvgIpc) is 3.21. The molecule has 0 aromatic heterocycles. The van der Waals surface area contributed by atoms with Crippen LogP contribution in [0, 0.1) is 6.92 Å². The molecule has 5 aromatic rings. The predicted molar refractivity (Wildman–Crippen MR) is 202 cm³/mol. The molecule has 273 valence electrons. The number of hydrogen-bond acceptors (Lipinski definition) is 8. The maximum atomic E-state index is 7.11. The molecule has 2 aliphatic heterocycles. The molecule has 8 nitrogen and oxygen atoms in total. The van der Waals surface area contributed by atoms with E-state index in [1.165, 1.54) is 0 Å². The van der Waals surface area contributed by atoms with Crippen LogP contribution in [0.5, 0.6) is 11.5 Å². The third-order valence-electron chi connectivity index (χ3n) is 9.84. The summed E-state index contributed by atoms with van der Waals surface area (Å²) in [6.45, 7) is 4.32. The molecule has 7 rings (SSSR count). The van der Waals surface area contributed by atoms with Gasteiger partial charge in [0.1, 0.15) is 37.6 Å². The van der Waals surface area contributed by atoms with E-state index in [0.717, 1.165) is 50.4 Å². The van der Waals surface area contributed by atoms with Gasteiger partial charge < -0.3 is 37.6 Å². The van der Waals surface area contributed by atoms with Crippen molar-refractivity contribution in [1.82, 2.24) is 0 Å². The Hall–Kier alpha value is -4.32. The molecule has 9 heteroatoms. The van der Waals surface area contributed by atoms with Gasteiger partial charge in [-0.1, -0.05) is 109 Å². The SMILES string of the molecule is COC1(c2ccc(C)c(Cc3ccc4c(c3)OCCO4)c2)O[C@H](CO[Si])[C@@H](OCc2ccccc2)[C@H](OCc2ccccc2)[C@H]1OCc1ccccc1. The van der Waals surface area contributed by atoms with E-state index in [-0.39, 0.29) is 6.61 Å². The molecule has 3 radical (unpaired) electrons. The highest BCUT2D eigenvalue weighted by Crippen LogP contribution is 2.44. The molecule has 2 aliphatic rings. The van der Waals surface area contributed by atoms with E-state index < -0.39 is 30.2 Å². The lowest BCUT2D eigenvalue weighted by atomic mass is 9.85. The van der Waals surface area contributed by atoms with Crippen LogP contribution in [0.15, 0.2) is 127 Å². The van der Waals surface area contributed by atoms with Crippen LogP contribution in [0.3, 0.4) is 0 Å². The Balaban J connectivity index is 1.29. The van der Waals surface area contributed by atoms with Crippen molar-refractivity contribution < 1.29 is 37.6 Å². The lowest BCUT2D eigenvalue weighted by Gasteiger charge is -2.52. The van der Waals surface area contributed by atoms with Gasteiger partial charge in [-0.05, 0) is 64.9 Å². The summed E-state index contributed by atoms with van der Waals surface area (Å²) < 4.78 is 51.6. The van der Waals surface area contributed by atoms with Crippen LogP contribution in [-0.4, -0.2) is 61.8 Å². The normalized spacial score (nSPS) is 22.4. The minimum Gasteiger partial charge on any atom is -0.486 e. The largest absolute Gasteiger partial charge is 0.486 e. The predicted octanol–water partition coefficient (Wildman–Crippen LogP) is 7.41. The van der Waals surface area contributed by atoms with E-state index in [4.69, 9.17) is 37.6 Å². The van der Waals surface area contributed by atoms with Crippen molar-refractivity contribution in [2.24, 2.45) is 0 Å². The van der Waals surface area contributed by atoms with Gasteiger partial charge in [-0.25, -0.2) is 0 Å². The average molecular weight is 730 g/mol. The van der Waals surface area contributed by atoms with Crippen molar-refractivity contribution in [2.45, 2.75) is 63.4 Å². The molecule has 0 N–H and O–H groups in total. The van der Waals surface area contributed by atoms with Crippen molar-refractivity contribution in [3.63, 3.8) is 0 Å². The summed E-state index contributed by atoms with van der Waals surface area (Å²) in [7, 11) is 4.93. The van der Waals surface area contributed by atoms with E-state index in [9.17, 15) is 0 Å². The Morgan fingerprint density at radius 2 is 1.23 bits per heavy atom. The van der Waals surface area contributed by atoms with Gasteiger partial charge in [-0.2, -0.15) is 0 Å². The minimum atomic E-state index is -1.41. The van der Waals surface area contributed by atoms with Crippen molar-refractivity contribution in [2.75, 3.05) is 26.9 Å². The summed E-state index contributed by atoms with van der Waals surface area (Å²) in [6.07, 6.45) is -1.97. The summed E-state index contributed by atoms with van der Waals surface area (Å²) in [5.41, 5.74) is 7.20. The van der Waals surface area contributed by atoms with Gasteiger partial charge >= 0.3 is 0 Å². The van der Waals surface area contributed by atoms with Crippen molar-refractivity contribution in [1.29, 1.82) is 0 Å². The van der Waals surface area contributed by atoms with Gasteiger partial charge in [-0.15, -0.1) is 0 Å². The van der Waals surface area contributed by atoms with E-state index in [1.54, 1.807) is 7.11 Å². The lowest BCUT2D eigenvalue weighted by Crippen LogP contribution is -2.66. The minimum absolute atomic E-state index is 0.161. The number of fused-ring (bicyclic) bond motifs is 1. The van der Waals surface area contributed by atoms with E-state index in [1.807, 2.05) is 97.1 Å². The number of ether oxygens (including phenoxy) is 7. The molecule has 2 heterocycles. The first-order valence-corrected chi connectivity index (χ1v) is 18.4. The van der Waals surface area contributed by atoms with Gasteiger partial charge in [-0.3, -0.25) is 0 Å². The zero-order valence-electron chi connectivity index (χ0n) is 30.1. The van der Waals surface area contributed by atoms with E-state index in [2.05, 4.69) is 47.7 Å². The third kappa shape index (κ3) is 8.74. The number of benzene rings is 5. The molecular weight excluding hydrogens is 685 g/mol. The smallest absolute Gasteiger partial charge is 0.246 e. The van der Waals surface area contributed by atoms with E-state index >= 15 is 0 Å². The number of aryl methyl sites for hydroxylation is 1. The van der Waals surface area contributed by atoms with Crippen LogP contribution in [-0.2, 0) is 60.1 Å². The molecule has 0 bridgehead atoms. The summed E-state index contributed by atoms with van der Waals surface area (Å²) in [6, 6.07) is 42.7. The second-order valence-corrected chi connectivity index (χ2v) is 13.7. The zero-order valence-corrected chi connectivity index (χ0v) is 31.1. The number of rotatable bonds is 15. The van der Waals surface area contributed by atoms with Gasteiger partial charge in [0.25, 0.3) is 0 Å². The first kappa shape index (κ1) is 37.0. The van der Waals surface area contributed by atoms with E-state index in [0.29, 0.717) is 39.5 Å². The monoisotopic (exact) mass is 729 g/mol. The first-order chi connectivity index (χ1) is 26.1. The third-order valence-corrected chi connectivity index (χ3v) is 10.0. The Kier molecular flexibility index (Phi) is 12.3. The molecule has 53 heavy (non-hydrogen) atoms. The van der Waals surface area contributed by atoms with Crippen LogP contribution in [0.2, 0.25) is 0 Å². The summed E-state index contributed by atoms with van der Waals surface area (Å²) in [5.74, 6) is 0.120. The Morgan fingerprint density at radius 3 is 1.83 bits per heavy atom. The van der Waals surface area contributed by atoms with Crippen molar-refractivity contribution >= 4 is 10.5 Å². The fourth-order valence-electron chi connectivity index (χ4n) is 7.06. The fourth-order valence-corrected chi connectivity index (χ4v) is 7.23. The van der Waals surface area contributed by atoms with Crippen LogP contribution < -0.4 is 9.47 Å². The van der Waals surface area contributed by atoms with Gasteiger partial charge in [0, 0.05) is 12.7 Å². The van der Waals surface area contributed by atoms with Crippen LogP contribution in [0.4, 0.5) is 0 Å². The highest BCUT2D eigenvalue weighted by atomic mass is 28.2.